The maximum Gasteiger partial charge on any atom is 0.326 e. The zero-order valence-electron chi connectivity index (χ0n) is 78.7. The number of carbonyl (C=O) groups excluding carboxylic acids is 18. The zero-order valence-corrected chi connectivity index (χ0v) is 78.7. The van der Waals surface area contributed by atoms with Crippen LogP contribution in [0.2, 0.25) is 0 Å². The van der Waals surface area contributed by atoms with Gasteiger partial charge in [0.25, 0.3) is 0 Å². The lowest BCUT2D eigenvalue weighted by Gasteiger charge is -2.31. The number of likely N-dealkylation sites (tertiary alicyclic amines) is 1. The summed E-state index contributed by atoms with van der Waals surface area (Å²) < 4.78 is 0. The number of carboxylic acids is 1. The average molecular weight is 1890 g/mol. The molecule has 758 valence electrons. The molecule has 39 N–H and O–H groups in total. The Kier molecular flexibility index (Phi) is 60.5. The highest BCUT2D eigenvalue weighted by molar-refractivity contribution is 6.01. The standard InChI is InChI=1S/C84H157N29O20/c1-9-47(2)66(112-72(121)53(8)99-69(118)50(5)102-80(129)63-34-25-45-113(63)82(131)61(33-24-44-96-84(94)95)110-78(127)56(28-12-19-39-87)105-70(119)51(6)98-67(116)48(3)92)81(130)109-59(31-15-22-42-90)77(126)106-54(26-10-17-37-85)73(122)100-49(4)68(117)97-46-65(115)103-60(35-36-64(93)114)74(123)101-52(7)71(120)104-55(27-11-18-38-86)75(124)107-57(29-13-20-40-88)76(125)108-58(30-14-21-41-89)79(128)111-62(83(132)133)32-16-23-43-91/h47-63,66H,9-46,85-92H2,1-8H3,(H2,93,114)(H,97,117)(H,98,116)(H,99,118)(H,100,122)(H,101,123)(H,102,129)(H,103,115)(H,104,120)(H,105,119)(H,106,126)(H,107,124)(H,108,125)(H,109,130)(H,110,127)(H,111,128)(H,112,121)(H,132,133)(H4,94,95,96)/t47-,48-,49-,50-,51-,52-,53-,54-,55-,56-,57-,58-,59-,60-,61-,62-,63-,66-/m0/s1. The first-order valence-electron chi connectivity index (χ1n) is 46.4. The van der Waals surface area contributed by atoms with Crippen molar-refractivity contribution in [2.75, 3.05) is 65.4 Å². The van der Waals surface area contributed by atoms with E-state index in [9.17, 15) is 96.2 Å². The van der Waals surface area contributed by atoms with Crippen LogP contribution in [-0.2, 0) is 91.1 Å². The van der Waals surface area contributed by atoms with Gasteiger partial charge in [0, 0.05) is 19.5 Å². The highest BCUT2D eigenvalue weighted by Gasteiger charge is 2.42. The maximum absolute atomic E-state index is 14.5. The van der Waals surface area contributed by atoms with Crippen molar-refractivity contribution in [2.45, 2.75) is 338 Å². The second-order valence-corrected chi connectivity index (χ2v) is 33.6. The number of hydrogen-bond donors (Lipinski definition) is 28. The zero-order chi connectivity index (χ0) is 100. The number of unbranched alkanes of at least 4 members (excludes halogenated alkanes) is 7. The number of rotatable bonds is 71. The Labute approximate surface area is 778 Å². The predicted molar refractivity (Wildman–Crippen MR) is 494 cm³/mol. The number of nitrogens with two attached hydrogens (primary N) is 11. The first kappa shape index (κ1) is 120. The number of guanidine groups is 1. The van der Waals surface area contributed by atoms with E-state index in [1.54, 1.807) is 13.8 Å². The minimum atomic E-state index is -1.57. The number of aliphatic imine (C=N–C) groups is 1. The van der Waals surface area contributed by atoms with Crippen molar-refractivity contribution in [2.24, 2.45) is 74.0 Å². The minimum absolute atomic E-state index is 0.0169. The highest BCUT2D eigenvalue weighted by Crippen LogP contribution is 2.22. The summed E-state index contributed by atoms with van der Waals surface area (Å²) in [5.74, 6) is -17.0. The van der Waals surface area contributed by atoms with Crippen LogP contribution in [0, 0.1) is 5.92 Å². The fourth-order valence-electron chi connectivity index (χ4n) is 13.9. The van der Waals surface area contributed by atoms with Crippen LogP contribution in [0.5, 0.6) is 0 Å². The molecule has 0 aromatic carbocycles. The van der Waals surface area contributed by atoms with Gasteiger partial charge in [-0.25, -0.2) is 4.79 Å². The Balaban J connectivity index is 3.36. The maximum atomic E-state index is 14.5. The monoisotopic (exact) mass is 1890 g/mol. The third kappa shape index (κ3) is 47.9. The van der Waals surface area contributed by atoms with Gasteiger partial charge < -0.3 is 158 Å². The van der Waals surface area contributed by atoms with Crippen molar-refractivity contribution < 1.29 is 96.2 Å². The molecule has 1 heterocycles. The molecule has 1 aliphatic rings. The Morgan fingerprint density at radius 3 is 1.01 bits per heavy atom. The summed E-state index contributed by atoms with van der Waals surface area (Å²) in [6, 6.07) is -22.0. The fourth-order valence-corrected chi connectivity index (χ4v) is 13.9. The highest BCUT2D eigenvalue weighted by atomic mass is 16.4. The van der Waals surface area contributed by atoms with Gasteiger partial charge in [0.2, 0.25) is 106 Å². The summed E-state index contributed by atoms with van der Waals surface area (Å²) in [5, 5.41) is 51.0. The first-order chi connectivity index (χ1) is 63.0. The molecule has 18 atom stereocenters. The molecule has 0 unspecified atom stereocenters. The van der Waals surface area contributed by atoms with Gasteiger partial charge in [-0.2, -0.15) is 0 Å². The number of carboxylic acid groups (broad SMARTS) is 1. The number of carbonyl (C=O) groups is 19. The summed E-state index contributed by atoms with van der Waals surface area (Å²) in [6.07, 6.45) is 5.65. The first-order valence-corrected chi connectivity index (χ1v) is 46.4. The smallest absolute Gasteiger partial charge is 0.326 e. The van der Waals surface area contributed by atoms with E-state index in [1.807, 2.05) is 0 Å². The van der Waals surface area contributed by atoms with Crippen LogP contribution in [0.3, 0.4) is 0 Å². The number of amides is 18. The molecule has 0 radical (unpaired) electrons. The van der Waals surface area contributed by atoms with E-state index in [0.29, 0.717) is 96.4 Å². The van der Waals surface area contributed by atoms with Crippen molar-refractivity contribution >= 4 is 118 Å². The van der Waals surface area contributed by atoms with Gasteiger partial charge in [-0.1, -0.05) is 20.3 Å². The summed E-state index contributed by atoms with van der Waals surface area (Å²) in [7, 11) is 0. The number of primary amides is 1. The molecular formula is C84H157N29O20. The lowest BCUT2D eigenvalue weighted by atomic mass is 9.97. The van der Waals surface area contributed by atoms with Crippen LogP contribution >= 0.6 is 0 Å². The van der Waals surface area contributed by atoms with Gasteiger partial charge in [-0.05, 0) is 260 Å². The molecule has 0 aromatic rings. The second-order valence-electron chi connectivity index (χ2n) is 33.6. The molecule has 1 aliphatic heterocycles. The lowest BCUT2D eigenvalue weighted by molar-refractivity contribution is -0.142. The molecule has 1 saturated heterocycles. The van der Waals surface area contributed by atoms with Crippen molar-refractivity contribution in [1.82, 2.24) is 90.0 Å². The summed E-state index contributed by atoms with van der Waals surface area (Å²) in [6.45, 7) is 12.4. The Bertz CT molecular complexity index is 3750. The van der Waals surface area contributed by atoms with Crippen LogP contribution in [0.1, 0.15) is 235 Å². The molecule has 0 bridgehead atoms. The Hall–Kier alpha value is -11.1. The van der Waals surface area contributed by atoms with E-state index in [4.69, 9.17) is 63.1 Å². The molecular weight excluding hydrogens is 1740 g/mol. The van der Waals surface area contributed by atoms with Crippen LogP contribution in [0.15, 0.2) is 4.99 Å². The molecule has 0 spiro atoms. The summed E-state index contributed by atoms with van der Waals surface area (Å²) in [5.41, 5.74) is 62.4. The molecule has 1 rings (SSSR count). The fraction of sp³-hybridized carbons (Fsp3) is 0.762. The van der Waals surface area contributed by atoms with Gasteiger partial charge in [-0.15, -0.1) is 0 Å². The normalized spacial score (nSPS) is 16.1. The molecule has 0 aliphatic carbocycles. The molecule has 0 saturated carbocycles. The van der Waals surface area contributed by atoms with Crippen LogP contribution in [0.4, 0.5) is 0 Å². The molecule has 1 fully saturated rings. The number of aliphatic carboxylic acids is 1. The Morgan fingerprint density at radius 1 is 0.346 bits per heavy atom. The number of hydrogen-bond acceptors (Lipinski definition) is 28. The number of nitrogens with zero attached hydrogens (tertiary/aromatic N) is 2. The molecule has 0 aromatic heterocycles. The topological polar surface area (TPSA) is 839 Å². The van der Waals surface area contributed by atoms with Crippen molar-refractivity contribution in [3.05, 3.63) is 0 Å². The summed E-state index contributed by atoms with van der Waals surface area (Å²) >= 11 is 0. The molecule has 49 nitrogen and oxygen atoms in total. The SMILES string of the molecule is CC[C@H](C)[C@H](NC(=O)[C@H](C)NC(=O)[C@H](C)NC(=O)[C@@H]1CCCN1C(=O)[C@H](CCCN=C(N)N)NC(=O)[C@H](CCCCN)NC(=O)[C@H](C)NC(=O)[C@H](C)N)C(=O)N[C@@H](CCCCN)C(=O)N[C@@H](CCCCN)C(=O)N[C@@H](C)C(=O)NCC(=O)N[C@@H](CCC(N)=O)C(=O)N[C@@H](C)C(=O)N[C@@H](CCCCN)C(=O)N[C@@H](CCCCN)C(=O)N[C@@H](CCCCN)C(=O)N[C@@H](CCCCN)C(=O)O. The average Bonchev–Trinajstić information content (AvgIpc) is 1.77. The third-order valence-electron chi connectivity index (χ3n) is 22.2. The van der Waals surface area contributed by atoms with E-state index in [2.05, 4.69) is 90.1 Å². The van der Waals surface area contributed by atoms with Crippen molar-refractivity contribution in [3.63, 3.8) is 0 Å². The van der Waals surface area contributed by atoms with Crippen LogP contribution in [0.25, 0.3) is 0 Å². The van der Waals surface area contributed by atoms with Crippen LogP contribution < -0.4 is 148 Å². The Morgan fingerprint density at radius 2 is 0.647 bits per heavy atom. The molecule has 133 heavy (non-hydrogen) atoms. The van der Waals surface area contributed by atoms with E-state index in [0.717, 1.165) is 0 Å². The van der Waals surface area contributed by atoms with E-state index in [-0.39, 0.29) is 135 Å². The quantitative estimate of drug-likeness (QED) is 0.0153. The van der Waals surface area contributed by atoms with Gasteiger partial charge in [-0.3, -0.25) is 91.3 Å². The second kappa shape index (κ2) is 67.1. The third-order valence-corrected chi connectivity index (χ3v) is 22.2. The van der Waals surface area contributed by atoms with Gasteiger partial charge in [0.05, 0.1) is 12.6 Å². The largest absolute Gasteiger partial charge is 0.480 e. The van der Waals surface area contributed by atoms with Crippen molar-refractivity contribution in [3.8, 4) is 0 Å². The van der Waals surface area contributed by atoms with E-state index in [1.165, 1.54) is 46.4 Å². The van der Waals surface area contributed by atoms with Gasteiger partial charge in [0.1, 0.15) is 96.7 Å². The van der Waals surface area contributed by atoms with E-state index < -0.39 is 240 Å². The van der Waals surface area contributed by atoms with Gasteiger partial charge in [0.15, 0.2) is 5.96 Å². The summed E-state index contributed by atoms with van der Waals surface area (Å²) in [4.78, 5) is 266. The van der Waals surface area contributed by atoms with Crippen LogP contribution in [-0.4, -0.2) is 296 Å². The minimum Gasteiger partial charge on any atom is -0.480 e. The number of nitrogens with one attached hydrogen (secondary N) is 16. The van der Waals surface area contributed by atoms with Crippen molar-refractivity contribution in [1.29, 1.82) is 0 Å². The predicted octanol–water partition coefficient (Wildman–Crippen LogP) is -8.83. The molecule has 18 amide bonds. The van der Waals surface area contributed by atoms with Gasteiger partial charge >= 0.3 is 5.97 Å². The lowest BCUT2D eigenvalue weighted by Crippen LogP contribution is -2.60. The van der Waals surface area contributed by atoms with E-state index >= 15 is 0 Å². The molecule has 49 heteroatoms.